The van der Waals surface area contributed by atoms with Crippen LogP contribution in [0.15, 0.2) is 41.3 Å². The molecule has 0 saturated carbocycles. The van der Waals surface area contributed by atoms with Gasteiger partial charge in [-0.3, -0.25) is 9.59 Å². The first kappa shape index (κ1) is 24.1. The second-order valence-corrected chi connectivity index (χ2v) is 10.6. The van der Waals surface area contributed by atoms with Gasteiger partial charge in [0.15, 0.2) is 0 Å². The summed E-state index contributed by atoms with van der Waals surface area (Å²) >= 11 is 0. The standard InChI is InChI=1S/C25H31NO5S/c1-15(2)18-13-20(16(3)4)25(21(14-18)17(5)6)19-9-7-8-10-22(19)32(29,30)31-26-23(27)11-12-24(26)28/h7-10,13-17H,11-12H2,1-6H3. The average molecular weight is 458 g/mol. The normalized spacial score (nSPS) is 15.0. The van der Waals surface area contributed by atoms with Gasteiger partial charge in [-0.25, -0.2) is 0 Å². The molecule has 0 radical (unpaired) electrons. The molecule has 2 aromatic carbocycles. The third-order valence-electron chi connectivity index (χ3n) is 5.74. The minimum absolute atomic E-state index is 0.0539. The molecule has 172 valence electrons. The Morgan fingerprint density at radius 3 is 1.78 bits per heavy atom. The largest absolute Gasteiger partial charge is 0.318 e. The maximum atomic E-state index is 13.2. The molecule has 0 aliphatic carbocycles. The summed E-state index contributed by atoms with van der Waals surface area (Å²) in [6.45, 7) is 12.6. The van der Waals surface area contributed by atoms with Crippen LogP contribution in [0.1, 0.15) is 88.8 Å². The van der Waals surface area contributed by atoms with Gasteiger partial charge in [-0.15, -0.1) is 9.35 Å². The molecular formula is C25H31NO5S. The van der Waals surface area contributed by atoms with Crippen molar-refractivity contribution >= 4 is 21.9 Å². The fourth-order valence-electron chi connectivity index (χ4n) is 3.94. The zero-order chi connectivity index (χ0) is 23.8. The molecular weight excluding hydrogens is 426 g/mol. The molecule has 0 atom stereocenters. The minimum atomic E-state index is -4.42. The number of hydrogen-bond donors (Lipinski definition) is 0. The predicted octanol–water partition coefficient (Wildman–Crippen LogP) is 5.49. The first-order valence-electron chi connectivity index (χ1n) is 11.0. The molecule has 2 amide bonds. The molecule has 0 bridgehead atoms. The van der Waals surface area contributed by atoms with Crippen LogP contribution in [0.2, 0.25) is 0 Å². The fourth-order valence-corrected chi connectivity index (χ4v) is 5.06. The molecule has 3 rings (SSSR count). The van der Waals surface area contributed by atoms with E-state index in [2.05, 4.69) is 53.7 Å². The Morgan fingerprint density at radius 2 is 1.31 bits per heavy atom. The van der Waals surface area contributed by atoms with Crippen LogP contribution in [0, 0.1) is 0 Å². The van der Waals surface area contributed by atoms with Crippen LogP contribution < -0.4 is 0 Å². The summed E-state index contributed by atoms with van der Waals surface area (Å²) in [6, 6.07) is 10.9. The van der Waals surface area contributed by atoms with E-state index in [4.69, 9.17) is 4.28 Å². The number of hydroxylamine groups is 2. The highest BCUT2D eigenvalue weighted by Gasteiger charge is 2.36. The molecule has 1 heterocycles. The zero-order valence-corrected chi connectivity index (χ0v) is 20.3. The predicted molar refractivity (Wildman–Crippen MR) is 124 cm³/mol. The molecule has 2 aromatic rings. The van der Waals surface area contributed by atoms with Crippen molar-refractivity contribution in [1.82, 2.24) is 5.06 Å². The summed E-state index contributed by atoms with van der Waals surface area (Å²) in [6.07, 6.45) is -0.108. The maximum Gasteiger partial charge on any atom is 0.318 e. The molecule has 0 spiro atoms. The van der Waals surface area contributed by atoms with Gasteiger partial charge in [0.05, 0.1) is 0 Å². The molecule has 1 aliphatic rings. The third kappa shape index (κ3) is 4.64. The van der Waals surface area contributed by atoms with Gasteiger partial charge in [-0.2, -0.15) is 8.42 Å². The van der Waals surface area contributed by atoms with Crippen LogP contribution in [-0.2, 0) is 24.0 Å². The van der Waals surface area contributed by atoms with Crippen LogP contribution in [0.25, 0.3) is 11.1 Å². The van der Waals surface area contributed by atoms with Gasteiger partial charge in [0.1, 0.15) is 4.90 Å². The Bertz CT molecular complexity index is 1100. The summed E-state index contributed by atoms with van der Waals surface area (Å²) in [5.74, 6) is -0.668. The number of rotatable bonds is 7. The number of carbonyl (C=O) groups is 2. The smallest absolute Gasteiger partial charge is 0.272 e. The van der Waals surface area contributed by atoms with Crippen molar-refractivity contribution in [3.63, 3.8) is 0 Å². The van der Waals surface area contributed by atoms with Gasteiger partial charge >= 0.3 is 10.1 Å². The molecule has 0 aromatic heterocycles. The van der Waals surface area contributed by atoms with E-state index in [1.165, 1.54) is 11.6 Å². The molecule has 0 N–H and O–H groups in total. The third-order valence-corrected chi connectivity index (χ3v) is 6.98. The van der Waals surface area contributed by atoms with Crippen molar-refractivity contribution in [2.75, 3.05) is 0 Å². The lowest BCUT2D eigenvalue weighted by Gasteiger charge is -2.24. The molecule has 1 aliphatic heterocycles. The SMILES string of the molecule is CC(C)c1cc(C(C)C)c(-c2ccccc2S(=O)(=O)ON2C(=O)CCC2=O)c(C(C)C)c1. The monoisotopic (exact) mass is 457 g/mol. The van der Waals surface area contributed by atoms with Crippen molar-refractivity contribution in [3.05, 3.63) is 53.1 Å². The van der Waals surface area contributed by atoms with Gasteiger partial charge in [0.25, 0.3) is 11.8 Å². The van der Waals surface area contributed by atoms with Gasteiger partial charge in [-0.1, -0.05) is 71.9 Å². The lowest BCUT2D eigenvalue weighted by Crippen LogP contribution is -2.32. The fraction of sp³-hybridized carbons (Fsp3) is 0.440. The maximum absolute atomic E-state index is 13.2. The van der Waals surface area contributed by atoms with E-state index in [1.54, 1.807) is 18.2 Å². The van der Waals surface area contributed by atoms with E-state index in [9.17, 15) is 18.0 Å². The van der Waals surface area contributed by atoms with Crippen molar-refractivity contribution in [2.24, 2.45) is 0 Å². The van der Waals surface area contributed by atoms with E-state index in [0.717, 1.165) is 16.7 Å². The van der Waals surface area contributed by atoms with Gasteiger partial charge < -0.3 is 0 Å². The highest BCUT2D eigenvalue weighted by atomic mass is 32.2. The lowest BCUT2D eigenvalue weighted by atomic mass is 9.82. The summed E-state index contributed by atoms with van der Waals surface area (Å²) in [5, 5.41) is 0.376. The first-order chi connectivity index (χ1) is 14.9. The number of carbonyl (C=O) groups excluding carboxylic acids is 2. The van der Waals surface area contributed by atoms with Crippen LogP contribution in [0.4, 0.5) is 0 Å². The summed E-state index contributed by atoms with van der Waals surface area (Å²) in [7, 11) is -4.42. The summed E-state index contributed by atoms with van der Waals surface area (Å²) in [5.41, 5.74) is 4.67. The van der Waals surface area contributed by atoms with Gasteiger partial charge in [0.2, 0.25) is 0 Å². The second-order valence-electron chi connectivity index (χ2n) is 9.15. The summed E-state index contributed by atoms with van der Waals surface area (Å²) < 4.78 is 31.5. The van der Waals surface area contributed by atoms with E-state index >= 15 is 0 Å². The van der Waals surface area contributed by atoms with E-state index in [0.29, 0.717) is 16.5 Å². The second kappa shape index (κ2) is 9.16. The van der Waals surface area contributed by atoms with Crippen molar-refractivity contribution < 1.29 is 22.3 Å². The number of amides is 2. The molecule has 1 fully saturated rings. The molecule has 1 saturated heterocycles. The molecule has 0 unspecified atom stereocenters. The number of hydrogen-bond acceptors (Lipinski definition) is 5. The average Bonchev–Trinajstić information content (AvgIpc) is 3.04. The molecule has 6 nitrogen and oxygen atoms in total. The van der Waals surface area contributed by atoms with Crippen molar-refractivity contribution in [1.29, 1.82) is 0 Å². The Hall–Kier alpha value is -2.51. The van der Waals surface area contributed by atoms with Crippen molar-refractivity contribution in [2.45, 2.75) is 77.0 Å². The number of nitrogens with zero attached hydrogens (tertiary/aromatic N) is 1. The summed E-state index contributed by atoms with van der Waals surface area (Å²) in [4.78, 5) is 23.8. The number of imide groups is 1. The Labute approximate surface area is 190 Å². The van der Waals surface area contributed by atoms with Crippen molar-refractivity contribution in [3.8, 4) is 11.1 Å². The highest BCUT2D eigenvalue weighted by molar-refractivity contribution is 7.86. The quantitative estimate of drug-likeness (QED) is 0.513. The molecule has 7 heteroatoms. The minimum Gasteiger partial charge on any atom is -0.272 e. The van der Waals surface area contributed by atoms with Crippen LogP contribution in [-0.4, -0.2) is 25.3 Å². The van der Waals surface area contributed by atoms with Crippen LogP contribution in [0.3, 0.4) is 0 Å². The highest BCUT2D eigenvalue weighted by Crippen LogP contribution is 2.41. The van der Waals surface area contributed by atoms with Gasteiger partial charge in [-0.05, 0) is 46.1 Å². The number of benzene rings is 2. The van der Waals surface area contributed by atoms with E-state index < -0.39 is 21.9 Å². The first-order valence-corrected chi connectivity index (χ1v) is 12.4. The Morgan fingerprint density at radius 1 is 0.812 bits per heavy atom. The van der Waals surface area contributed by atoms with E-state index in [-0.39, 0.29) is 29.6 Å². The Balaban J connectivity index is 2.24. The van der Waals surface area contributed by atoms with E-state index in [1.807, 2.05) is 0 Å². The topological polar surface area (TPSA) is 80.8 Å². The van der Waals surface area contributed by atoms with Gasteiger partial charge in [0, 0.05) is 18.4 Å². The zero-order valence-electron chi connectivity index (χ0n) is 19.5. The Kier molecular flexibility index (Phi) is 6.91. The van der Waals surface area contributed by atoms with Crippen LogP contribution in [0.5, 0.6) is 0 Å². The molecule has 32 heavy (non-hydrogen) atoms. The van der Waals surface area contributed by atoms with Crippen LogP contribution >= 0.6 is 0 Å². The lowest BCUT2D eigenvalue weighted by molar-refractivity contribution is -0.163.